The fourth-order valence-electron chi connectivity index (χ4n) is 3.63. The van der Waals surface area contributed by atoms with Gasteiger partial charge < -0.3 is 9.80 Å². The second kappa shape index (κ2) is 9.37. The minimum atomic E-state index is -0.288. The first kappa shape index (κ1) is 19.9. The quantitative estimate of drug-likeness (QED) is 0.673. The van der Waals surface area contributed by atoms with Gasteiger partial charge >= 0.3 is 0 Å². The molecular weight excluding hydrogens is 352 g/mol. The molecule has 0 radical (unpaired) electrons. The van der Waals surface area contributed by atoms with Gasteiger partial charge in [-0.3, -0.25) is 20.4 Å². The van der Waals surface area contributed by atoms with Crippen LogP contribution >= 0.6 is 0 Å². The molecule has 3 N–H and O–H groups in total. The van der Waals surface area contributed by atoms with E-state index in [0.29, 0.717) is 12.0 Å². The van der Waals surface area contributed by atoms with Crippen LogP contribution in [-0.2, 0) is 4.79 Å². The number of hydrazine groups is 1. The van der Waals surface area contributed by atoms with Crippen LogP contribution in [0.1, 0.15) is 27.9 Å². The highest BCUT2D eigenvalue weighted by Gasteiger charge is 2.20. The number of nitrogens with zero attached hydrogens (tertiary/aromatic N) is 1. The van der Waals surface area contributed by atoms with Crippen LogP contribution in [0.5, 0.6) is 0 Å². The van der Waals surface area contributed by atoms with Gasteiger partial charge in [-0.05, 0) is 38.1 Å². The molecule has 0 aromatic heterocycles. The molecule has 28 heavy (non-hydrogen) atoms. The number of hydrogen-bond donors (Lipinski definition) is 3. The Morgan fingerprint density at radius 2 is 1.61 bits per heavy atom. The number of benzene rings is 2. The molecule has 1 aliphatic rings. The number of carbonyl (C=O) groups excluding carboxylic acids is 2. The molecule has 2 aromatic carbocycles. The number of para-hydroxylation sites is 1. The molecule has 1 fully saturated rings. The predicted molar refractivity (Wildman–Crippen MR) is 110 cm³/mol. The zero-order chi connectivity index (χ0) is 19.9. The first-order valence-electron chi connectivity index (χ1n) is 9.82. The van der Waals surface area contributed by atoms with Crippen LogP contribution in [0.25, 0.3) is 0 Å². The van der Waals surface area contributed by atoms with Gasteiger partial charge in [-0.15, -0.1) is 0 Å². The fourth-order valence-corrected chi connectivity index (χ4v) is 3.63. The average molecular weight is 382 g/mol. The summed E-state index contributed by atoms with van der Waals surface area (Å²) in [6.07, 6.45) is 0.397. The molecular formula is C22H29N4O2+. The zero-order valence-corrected chi connectivity index (χ0v) is 16.6. The summed E-state index contributed by atoms with van der Waals surface area (Å²) in [5.41, 5.74) is 8.90. The van der Waals surface area contributed by atoms with Crippen molar-refractivity contribution in [2.24, 2.45) is 0 Å². The van der Waals surface area contributed by atoms with Gasteiger partial charge in [-0.2, -0.15) is 0 Å². The van der Waals surface area contributed by atoms with Crippen LogP contribution in [-0.4, -0.2) is 44.5 Å². The van der Waals surface area contributed by atoms with Crippen molar-refractivity contribution in [1.29, 1.82) is 0 Å². The van der Waals surface area contributed by atoms with Crippen molar-refractivity contribution in [2.45, 2.75) is 20.3 Å². The molecule has 0 spiro atoms. The largest absolute Gasteiger partial charge is 0.360 e. The third-order valence-corrected chi connectivity index (χ3v) is 5.10. The molecule has 2 amide bonds. The smallest absolute Gasteiger partial charge is 0.269 e. The number of nitrogens with one attached hydrogen (secondary N) is 3. The summed E-state index contributed by atoms with van der Waals surface area (Å²) in [5, 5.41) is 0. The number of aryl methyl sites for hydroxylation is 2. The summed E-state index contributed by atoms with van der Waals surface area (Å²) >= 11 is 0. The molecule has 1 saturated heterocycles. The van der Waals surface area contributed by atoms with E-state index in [-0.39, 0.29) is 11.8 Å². The Hall–Kier alpha value is -2.86. The topological polar surface area (TPSA) is 65.9 Å². The lowest BCUT2D eigenvalue weighted by molar-refractivity contribution is -0.900. The lowest BCUT2D eigenvalue weighted by atomic mass is 10.1. The predicted octanol–water partition coefficient (Wildman–Crippen LogP) is 0.860. The maximum atomic E-state index is 12.2. The van der Waals surface area contributed by atoms with E-state index < -0.39 is 0 Å². The van der Waals surface area contributed by atoms with E-state index in [1.54, 1.807) is 0 Å². The van der Waals surface area contributed by atoms with Gasteiger partial charge in [0.15, 0.2) is 0 Å². The lowest BCUT2D eigenvalue weighted by Gasteiger charge is -2.33. The average Bonchev–Trinajstić information content (AvgIpc) is 2.71. The standard InChI is InChI=1S/C22H28N4O2/c1-17-14-18(2)16-19(15-17)22(28)24-23-21(27)8-9-25-10-12-26(13-11-25)20-6-4-3-5-7-20/h3-7,14-16H,8-13H2,1-2H3,(H,23,27)(H,24,28)/p+1. The van der Waals surface area contributed by atoms with Gasteiger partial charge in [0.05, 0.1) is 39.1 Å². The Morgan fingerprint density at radius 1 is 0.964 bits per heavy atom. The number of piperazine rings is 1. The third kappa shape index (κ3) is 5.57. The summed E-state index contributed by atoms with van der Waals surface area (Å²) < 4.78 is 0. The van der Waals surface area contributed by atoms with Crippen LogP contribution in [0.4, 0.5) is 5.69 Å². The number of carbonyl (C=O) groups is 2. The Bertz CT molecular complexity index is 794. The molecule has 2 aromatic rings. The summed E-state index contributed by atoms with van der Waals surface area (Å²) in [6.45, 7) is 8.67. The van der Waals surface area contributed by atoms with Crippen molar-refractivity contribution in [3.05, 3.63) is 65.2 Å². The van der Waals surface area contributed by atoms with E-state index in [9.17, 15) is 9.59 Å². The van der Waals surface area contributed by atoms with Crippen molar-refractivity contribution in [3.8, 4) is 0 Å². The maximum absolute atomic E-state index is 12.2. The Labute approximate surface area is 166 Å². The minimum Gasteiger partial charge on any atom is -0.360 e. The summed E-state index contributed by atoms with van der Waals surface area (Å²) in [4.78, 5) is 28.1. The summed E-state index contributed by atoms with van der Waals surface area (Å²) in [7, 11) is 0. The Balaban J connectivity index is 1.37. The molecule has 3 rings (SSSR count). The molecule has 6 nitrogen and oxygen atoms in total. The maximum Gasteiger partial charge on any atom is 0.269 e. The highest BCUT2D eigenvalue weighted by atomic mass is 16.2. The van der Waals surface area contributed by atoms with Gasteiger partial charge in [0.2, 0.25) is 5.91 Å². The van der Waals surface area contributed by atoms with Crippen molar-refractivity contribution in [2.75, 3.05) is 37.6 Å². The number of hydrogen-bond acceptors (Lipinski definition) is 3. The SMILES string of the molecule is Cc1cc(C)cc(C(=O)NNC(=O)CC[NH+]2CCN(c3ccccc3)CC2)c1. The van der Waals surface area contributed by atoms with Gasteiger partial charge in [0.25, 0.3) is 5.91 Å². The van der Waals surface area contributed by atoms with Gasteiger partial charge in [0, 0.05) is 11.3 Å². The van der Waals surface area contributed by atoms with Crippen LogP contribution in [0.15, 0.2) is 48.5 Å². The molecule has 0 aliphatic carbocycles. The minimum absolute atomic E-state index is 0.157. The first-order chi connectivity index (χ1) is 13.5. The zero-order valence-electron chi connectivity index (χ0n) is 16.6. The molecule has 0 saturated carbocycles. The summed E-state index contributed by atoms with van der Waals surface area (Å²) in [5.74, 6) is -0.445. The van der Waals surface area contributed by atoms with Crippen molar-refractivity contribution in [1.82, 2.24) is 10.9 Å². The number of anilines is 1. The molecule has 1 aliphatic heterocycles. The van der Waals surface area contributed by atoms with E-state index in [0.717, 1.165) is 43.9 Å². The Morgan fingerprint density at radius 3 is 2.25 bits per heavy atom. The monoisotopic (exact) mass is 381 g/mol. The van der Waals surface area contributed by atoms with Crippen LogP contribution in [0.2, 0.25) is 0 Å². The Kier molecular flexibility index (Phi) is 6.66. The fraction of sp³-hybridized carbons (Fsp3) is 0.364. The molecule has 0 atom stereocenters. The number of amides is 2. The highest BCUT2D eigenvalue weighted by Crippen LogP contribution is 2.12. The van der Waals surface area contributed by atoms with E-state index in [2.05, 4.69) is 40.0 Å². The van der Waals surface area contributed by atoms with E-state index >= 15 is 0 Å². The highest BCUT2D eigenvalue weighted by molar-refractivity contribution is 5.95. The molecule has 0 bridgehead atoms. The van der Waals surface area contributed by atoms with Crippen molar-refractivity contribution >= 4 is 17.5 Å². The molecule has 148 valence electrons. The van der Waals surface area contributed by atoms with Gasteiger partial charge in [0.1, 0.15) is 0 Å². The van der Waals surface area contributed by atoms with E-state index in [4.69, 9.17) is 0 Å². The third-order valence-electron chi connectivity index (χ3n) is 5.10. The molecule has 0 unspecified atom stereocenters. The first-order valence-corrected chi connectivity index (χ1v) is 9.82. The second-order valence-corrected chi connectivity index (χ2v) is 7.45. The van der Waals surface area contributed by atoms with Crippen molar-refractivity contribution in [3.63, 3.8) is 0 Å². The van der Waals surface area contributed by atoms with Crippen LogP contribution in [0.3, 0.4) is 0 Å². The van der Waals surface area contributed by atoms with Crippen LogP contribution < -0.4 is 20.7 Å². The second-order valence-electron chi connectivity index (χ2n) is 7.45. The van der Waals surface area contributed by atoms with Crippen LogP contribution in [0, 0.1) is 13.8 Å². The van der Waals surface area contributed by atoms with E-state index in [1.165, 1.54) is 10.6 Å². The lowest BCUT2D eigenvalue weighted by Crippen LogP contribution is -3.15. The normalized spacial score (nSPS) is 14.6. The van der Waals surface area contributed by atoms with Gasteiger partial charge in [-0.1, -0.05) is 35.4 Å². The number of rotatable bonds is 5. The van der Waals surface area contributed by atoms with Gasteiger partial charge in [-0.25, -0.2) is 0 Å². The summed E-state index contributed by atoms with van der Waals surface area (Å²) in [6, 6.07) is 16.1. The van der Waals surface area contributed by atoms with E-state index in [1.807, 2.05) is 38.1 Å². The molecule has 6 heteroatoms. The number of quaternary nitrogens is 1. The van der Waals surface area contributed by atoms with Crippen molar-refractivity contribution < 1.29 is 14.5 Å². The molecule has 1 heterocycles.